The fourth-order valence-electron chi connectivity index (χ4n) is 3.77. The first kappa shape index (κ1) is 32.6. The molecule has 0 aliphatic carbocycles. The van der Waals surface area contributed by atoms with E-state index in [1.807, 2.05) is 17.0 Å². The number of ether oxygens (including phenoxy) is 2. The molecule has 4 rings (SSSR count). The number of rotatable bonds is 6. The van der Waals surface area contributed by atoms with Gasteiger partial charge in [-0.05, 0) is 42.9 Å². The van der Waals surface area contributed by atoms with Crippen molar-refractivity contribution >= 4 is 17.9 Å². The monoisotopic (exact) mass is 586 g/mol. The maximum atomic E-state index is 12.9. The van der Waals surface area contributed by atoms with Crippen molar-refractivity contribution in [2.45, 2.75) is 43.8 Å². The number of carbonyl (C=O) groups is 2. The summed E-state index contributed by atoms with van der Waals surface area (Å²) >= 11 is 0. The summed E-state index contributed by atoms with van der Waals surface area (Å²) in [5.41, 5.74) is 1.04. The molecule has 1 unspecified atom stereocenters. The van der Waals surface area contributed by atoms with Gasteiger partial charge in [-0.3, -0.25) is 4.98 Å². The predicted molar refractivity (Wildman–Crippen MR) is 122 cm³/mol. The second kappa shape index (κ2) is 14.2. The maximum Gasteiger partial charge on any atom is 0.490 e. The lowest BCUT2D eigenvalue weighted by molar-refractivity contribution is -0.193. The molecule has 0 radical (unpaired) electrons. The van der Waals surface area contributed by atoms with Crippen molar-refractivity contribution < 1.29 is 60.0 Å². The van der Waals surface area contributed by atoms with Gasteiger partial charge in [-0.15, -0.1) is 0 Å². The zero-order valence-electron chi connectivity index (χ0n) is 20.7. The maximum absolute atomic E-state index is 12.9. The Morgan fingerprint density at radius 2 is 1.55 bits per heavy atom. The summed E-state index contributed by atoms with van der Waals surface area (Å²) in [6.07, 6.45) is -1.03. The highest BCUT2D eigenvalue weighted by Crippen LogP contribution is 2.39. The Balaban J connectivity index is 0.000000333. The van der Waals surface area contributed by atoms with Crippen molar-refractivity contribution in [1.82, 2.24) is 15.0 Å². The van der Waals surface area contributed by atoms with Crippen molar-refractivity contribution in [1.29, 1.82) is 0 Å². The van der Waals surface area contributed by atoms with Gasteiger partial charge in [-0.25, -0.2) is 23.9 Å². The summed E-state index contributed by atoms with van der Waals surface area (Å²) in [4.78, 5) is 31.9. The number of alkyl halides is 6. The minimum atomic E-state index is -5.08. The van der Waals surface area contributed by atoms with E-state index >= 15 is 0 Å². The summed E-state index contributed by atoms with van der Waals surface area (Å²) in [5, 5.41) is 14.2. The van der Waals surface area contributed by atoms with Gasteiger partial charge < -0.3 is 24.6 Å². The van der Waals surface area contributed by atoms with E-state index in [4.69, 9.17) is 29.3 Å². The zero-order valence-corrected chi connectivity index (χ0v) is 20.7. The van der Waals surface area contributed by atoms with Crippen LogP contribution in [0.3, 0.4) is 0 Å². The molecule has 0 amide bonds. The molecular weight excluding hydrogens is 561 g/mol. The highest BCUT2D eigenvalue weighted by atomic mass is 19.4. The van der Waals surface area contributed by atoms with Crippen LogP contribution in [-0.4, -0.2) is 81.4 Å². The molecule has 2 aromatic rings. The van der Waals surface area contributed by atoms with Crippen molar-refractivity contribution in [3.63, 3.8) is 0 Å². The van der Waals surface area contributed by atoms with Crippen molar-refractivity contribution in [3.8, 4) is 0 Å². The number of aromatic nitrogens is 3. The van der Waals surface area contributed by atoms with Crippen LogP contribution in [-0.2, 0) is 25.7 Å². The Hall–Kier alpha value is -3.60. The molecule has 0 aromatic carbocycles. The van der Waals surface area contributed by atoms with Crippen LogP contribution in [0.1, 0.15) is 24.8 Å². The number of hydrogen-bond donors (Lipinski definition) is 2. The Labute approximate surface area is 222 Å². The first-order valence-electron chi connectivity index (χ1n) is 11.5. The number of carboxylic acids is 2. The minimum absolute atomic E-state index is 0.105. The van der Waals surface area contributed by atoms with E-state index in [2.05, 4.69) is 15.0 Å². The SMILES string of the molecule is Fc1cnc(N2CC3(CC(CCOCc4ccncc4)CCO3)C2)nc1.O=C(O)C(F)(F)F.O=C(O)C(F)(F)F. The third-order valence-corrected chi connectivity index (χ3v) is 5.62. The number of hydrogen-bond acceptors (Lipinski definition) is 8. The molecule has 2 aliphatic rings. The van der Waals surface area contributed by atoms with Gasteiger partial charge in [0.05, 0.1) is 32.1 Å². The number of pyridine rings is 1. The molecule has 0 saturated carbocycles. The summed E-state index contributed by atoms with van der Waals surface area (Å²) in [5.74, 6) is -4.74. The lowest BCUT2D eigenvalue weighted by Gasteiger charge is -2.53. The van der Waals surface area contributed by atoms with Crippen LogP contribution in [0.5, 0.6) is 0 Å². The van der Waals surface area contributed by atoms with Gasteiger partial charge in [-0.1, -0.05) is 0 Å². The van der Waals surface area contributed by atoms with E-state index in [1.165, 1.54) is 12.4 Å². The van der Waals surface area contributed by atoms with Gasteiger partial charge in [0.25, 0.3) is 0 Å². The standard InChI is InChI=1S/C19H23FN4O2.2C2HF3O2/c20-17-10-22-18(23-11-17)24-13-19(14-24)9-15(4-8-26-19)3-7-25-12-16-1-5-21-6-2-16;2*3-2(4,5)1(6)7/h1-2,5-6,10-11,15H,3-4,7-9,12-14H2;2*(H,6,7). The number of anilines is 1. The van der Waals surface area contributed by atoms with E-state index in [0.717, 1.165) is 51.1 Å². The molecule has 1 spiro atoms. The Bertz CT molecular complexity index is 1060. The summed E-state index contributed by atoms with van der Waals surface area (Å²) in [6, 6.07) is 3.95. The van der Waals surface area contributed by atoms with Gasteiger partial charge in [-0.2, -0.15) is 26.3 Å². The van der Waals surface area contributed by atoms with Crippen LogP contribution in [0, 0.1) is 11.7 Å². The van der Waals surface area contributed by atoms with Gasteiger partial charge in [0, 0.05) is 25.6 Å². The van der Waals surface area contributed by atoms with Gasteiger partial charge >= 0.3 is 24.3 Å². The normalized spacial score (nSPS) is 18.0. The molecule has 1 atom stereocenters. The molecule has 2 aliphatic heterocycles. The van der Waals surface area contributed by atoms with Crippen LogP contribution in [0.4, 0.5) is 36.7 Å². The first-order chi connectivity index (χ1) is 18.6. The molecule has 2 N–H and O–H groups in total. The molecule has 4 heterocycles. The van der Waals surface area contributed by atoms with Crippen LogP contribution in [0.15, 0.2) is 36.9 Å². The van der Waals surface area contributed by atoms with Crippen LogP contribution in [0.25, 0.3) is 0 Å². The number of halogens is 7. The number of carboxylic acid groups (broad SMARTS) is 2. The average molecular weight is 586 g/mol. The molecule has 0 bridgehead atoms. The molecule has 2 fully saturated rings. The molecule has 2 aromatic heterocycles. The van der Waals surface area contributed by atoms with Crippen molar-refractivity contribution in [2.24, 2.45) is 5.92 Å². The highest BCUT2D eigenvalue weighted by molar-refractivity contribution is 5.73. The summed E-state index contributed by atoms with van der Waals surface area (Å²) in [6.45, 7) is 3.72. The quantitative estimate of drug-likeness (QED) is 0.380. The zero-order chi connectivity index (χ0) is 30.0. The van der Waals surface area contributed by atoms with Crippen LogP contribution in [0.2, 0.25) is 0 Å². The minimum Gasteiger partial charge on any atom is -0.475 e. The smallest absolute Gasteiger partial charge is 0.475 e. The van der Waals surface area contributed by atoms with Gasteiger partial charge in [0.2, 0.25) is 5.95 Å². The molecule has 17 heteroatoms. The van der Waals surface area contributed by atoms with Crippen molar-refractivity contribution in [2.75, 3.05) is 31.2 Å². The second-order valence-electron chi connectivity index (χ2n) is 8.75. The van der Waals surface area contributed by atoms with Gasteiger partial charge in [0.1, 0.15) is 5.60 Å². The Morgan fingerprint density at radius 3 is 2.05 bits per heavy atom. The van der Waals surface area contributed by atoms with Crippen molar-refractivity contribution in [3.05, 3.63) is 48.3 Å². The first-order valence-corrected chi connectivity index (χ1v) is 11.5. The predicted octanol–water partition coefficient (Wildman–Crippen LogP) is 3.87. The Kier molecular flexibility index (Phi) is 11.5. The van der Waals surface area contributed by atoms with Crippen LogP contribution < -0.4 is 4.90 Å². The summed E-state index contributed by atoms with van der Waals surface area (Å²) in [7, 11) is 0. The number of nitrogens with zero attached hydrogens (tertiary/aromatic N) is 4. The van der Waals surface area contributed by atoms with E-state index in [-0.39, 0.29) is 5.60 Å². The van der Waals surface area contributed by atoms with E-state index < -0.39 is 30.1 Å². The van der Waals surface area contributed by atoms with E-state index in [9.17, 15) is 30.7 Å². The molecular formula is C23H25F7N4O6. The molecule has 222 valence electrons. The fraction of sp³-hybridized carbons (Fsp3) is 0.522. The summed E-state index contributed by atoms with van der Waals surface area (Å²) < 4.78 is 88.3. The fourth-order valence-corrected chi connectivity index (χ4v) is 3.77. The lowest BCUT2D eigenvalue weighted by Crippen LogP contribution is -2.66. The van der Waals surface area contributed by atoms with E-state index in [1.54, 1.807) is 12.4 Å². The Morgan fingerprint density at radius 1 is 1.02 bits per heavy atom. The highest BCUT2D eigenvalue weighted by Gasteiger charge is 2.48. The largest absolute Gasteiger partial charge is 0.490 e. The lowest BCUT2D eigenvalue weighted by atomic mass is 9.79. The number of aliphatic carboxylic acids is 2. The molecule has 40 heavy (non-hydrogen) atoms. The molecule has 10 nitrogen and oxygen atoms in total. The topological polar surface area (TPSA) is 135 Å². The average Bonchev–Trinajstić information content (AvgIpc) is 2.86. The van der Waals surface area contributed by atoms with Crippen LogP contribution >= 0.6 is 0 Å². The second-order valence-corrected chi connectivity index (χ2v) is 8.75. The van der Waals surface area contributed by atoms with E-state index in [0.29, 0.717) is 18.5 Å². The third kappa shape index (κ3) is 10.9. The van der Waals surface area contributed by atoms with Gasteiger partial charge in [0.15, 0.2) is 5.82 Å². The third-order valence-electron chi connectivity index (χ3n) is 5.62. The molecule has 2 saturated heterocycles.